The van der Waals surface area contributed by atoms with E-state index >= 15 is 4.79 Å². The Balaban J connectivity index is 1.56. The molecule has 0 spiro atoms. The second-order valence-electron chi connectivity index (χ2n) is 14.6. The number of aromatic amines is 1. The second-order valence-corrected chi connectivity index (χ2v) is 16.3. The number of primary amides is 2. The lowest BCUT2D eigenvalue weighted by Crippen LogP contribution is -2.70. The summed E-state index contributed by atoms with van der Waals surface area (Å²) in [6, 6.07) is 20.5. The molecule has 1 aromatic heterocycles. The van der Waals surface area contributed by atoms with Crippen molar-refractivity contribution in [2.45, 2.75) is 76.0 Å². The number of likely N-dealkylation sites (tertiary alicyclic amines) is 1. The molecule has 0 saturated carbocycles. The molecule has 5 rings (SSSR count). The summed E-state index contributed by atoms with van der Waals surface area (Å²) in [7, 11) is -4.16. The molecule has 0 bridgehead atoms. The number of nitrogens with two attached hydrogens (primary N) is 2. The summed E-state index contributed by atoms with van der Waals surface area (Å²) in [6.07, 6.45) is 2.79. The molecule has 1 aliphatic heterocycles. The van der Waals surface area contributed by atoms with Crippen LogP contribution in [-0.2, 0) is 48.6 Å². The highest BCUT2D eigenvalue weighted by Gasteiger charge is 2.56. The van der Waals surface area contributed by atoms with Gasteiger partial charge in [-0.05, 0) is 74.6 Å². The molecule has 4 atom stereocenters. The minimum Gasteiger partial charge on any atom is -0.368 e. The van der Waals surface area contributed by atoms with Gasteiger partial charge < -0.3 is 37.3 Å². The average molecular weight is 813 g/mol. The number of benzene rings is 3. The molecule has 15 nitrogen and oxygen atoms in total. The van der Waals surface area contributed by atoms with Gasteiger partial charge in [-0.25, -0.2) is 13.2 Å². The lowest BCUT2D eigenvalue weighted by atomic mass is 9.71. The number of para-hydroxylation sites is 1. The van der Waals surface area contributed by atoms with Crippen LogP contribution in [0.25, 0.3) is 10.9 Å². The van der Waals surface area contributed by atoms with Crippen molar-refractivity contribution in [1.29, 1.82) is 0 Å². The first-order valence-corrected chi connectivity index (χ1v) is 20.8. The van der Waals surface area contributed by atoms with E-state index in [0.717, 1.165) is 22.0 Å². The highest BCUT2D eigenvalue weighted by molar-refractivity contribution is 7.92. The minimum absolute atomic E-state index is 0.000202. The largest absolute Gasteiger partial charge is 0.368 e. The van der Waals surface area contributed by atoms with Gasteiger partial charge in [-0.2, -0.15) is 4.72 Å². The third-order valence-corrected chi connectivity index (χ3v) is 11.7. The molecule has 58 heavy (non-hydrogen) atoms. The van der Waals surface area contributed by atoms with Crippen LogP contribution in [0.2, 0.25) is 0 Å². The summed E-state index contributed by atoms with van der Waals surface area (Å²) in [6.45, 7) is 5.63. The molecule has 3 aromatic carbocycles. The van der Waals surface area contributed by atoms with Gasteiger partial charge in [0.15, 0.2) is 0 Å². The van der Waals surface area contributed by atoms with Crippen molar-refractivity contribution in [3.63, 3.8) is 0 Å². The zero-order valence-electron chi connectivity index (χ0n) is 32.5. The highest BCUT2D eigenvalue weighted by Crippen LogP contribution is 2.39. The maximum Gasteiger partial charge on any atom is 0.312 e. The van der Waals surface area contributed by atoms with Gasteiger partial charge in [0.2, 0.25) is 33.7 Å². The van der Waals surface area contributed by atoms with E-state index in [4.69, 9.17) is 11.5 Å². The Morgan fingerprint density at radius 1 is 0.879 bits per heavy atom. The zero-order chi connectivity index (χ0) is 41.9. The average Bonchev–Trinajstić information content (AvgIpc) is 3.63. The summed E-state index contributed by atoms with van der Waals surface area (Å²) >= 11 is 0. The molecular formula is C42H52N8O7S. The van der Waals surface area contributed by atoms with E-state index in [2.05, 4.69) is 32.2 Å². The molecule has 9 N–H and O–H groups in total. The molecule has 6 amide bonds. The molecule has 1 fully saturated rings. The maximum atomic E-state index is 15.0. The van der Waals surface area contributed by atoms with Crippen LogP contribution in [0, 0.1) is 12.8 Å². The third kappa shape index (κ3) is 10.7. The molecule has 1 aliphatic rings. The quantitative estimate of drug-likeness (QED) is 0.0699. The number of nitrogens with zero attached hydrogens (tertiary/aromatic N) is 1. The Morgan fingerprint density at radius 2 is 1.59 bits per heavy atom. The van der Waals surface area contributed by atoms with Crippen LogP contribution >= 0.6 is 0 Å². The second kappa shape index (κ2) is 19.4. The number of fused-ring (bicyclic) bond motifs is 1. The first-order chi connectivity index (χ1) is 27.7. The van der Waals surface area contributed by atoms with Gasteiger partial charge >= 0.3 is 6.03 Å². The van der Waals surface area contributed by atoms with Crippen molar-refractivity contribution in [2.24, 2.45) is 17.4 Å². The normalized spacial score (nSPS) is 17.1. The van der Waals surface area contributed by atoms with E-state index in [1.54, 1.807) is 36.5 Å². The van der Waals surface area contributed by atoms with Gasteiger partial charge in [0, 0.05) is 42.1 Å². The number of aromatic nitrogens is 1. The smallest absolute Gasteiger partial charge is 0.312 e. The summed E-state index contributed by atoms with van der Waals surface area (Å²) in [5, 5.41) is 9.75. The molecule has 2 heterocycles. The standard InChI is InChI=1S/C42H52N8O7S/c1-3-58(56,57)49-36(24-29-12-5-4-6-13-29)39(53)50-23-10-9-21-42(50,40(43)54)33(25-31-27-46-34-15-8-7-14-32(31)34)37(51)48-35(16-11-22-45-41(44)55)38(52)47-26-30-19-17-28(2)18-20-30/h3-8,12-15,17-20,27,33,35-36,46,49H,1,9-11,16,21-26H2,2H3,(H2,43,54)(H,47,52)(H,48,51)(H3,44,45,55)/t33-,35+,36+,42?/m1/s1. The summed E-state index contributed by atoms with van der Waals surface area (Å²) < 4.78 is 28.3. The van der Waals surface area contributed by atoms with Crippen LogP contribution in [0.1, 0.15) is 54.4 Å². The van der Waals surface area contributed by atoms with E-state index in [9.17, 15) is 27.6 Å². The number of hydrogen-bond acceptors (Lipinski definition) is 7. The summed E-state index contributed by atoms with van der Waals surface area (Å²) in [5.41, 5.74) is 13.6. The van der Waals surface area contributed by atoms with Gasteiger partial charge in [-0.15, -0.1) is 0 Å². The van der Waals surface area contributed by atoms with Crippen LogP contribution in [0.4, 0.5) is 4.79 Å². The molecule has 308 valence electrons. The SMILES string of the molecule is C=CS(=O)(=O)N[C@@H](Cc1ccccc1)C(=O)N1CCCCC1(C(N)=O)[C@H](Cc1c[nH]c2ccccc12)C(=O)N[C@@H](CCCNC(N)=O)C(=O)NCc1ccc(C)cc1. The Bertz CT molecular complexity index is 2210. The molecular weight excluding hydrogens is 761 g/mol. The van der Waals surface area contributed by atoms with Gasteiger partial charge in [-0.3, -0.25) is 19.2 Å². The monoisotopic (exact) mass is 812 g/mol. The third-order valence-electron chi connectivity index (χ3n) is 10.7. The summed E-state index contributed by atoms with van der Waals surface area (Å²) in [4.78, 5) is 73.8. The predicted molar refractivity (Wildman–Crippen MR) is 221 cm³/mol. The number of carbonyl (C=O) groups excluding carboxylic acids is 5. The first-order valence-electron chi connectivity index (χ1n) is 19.3. The van der Waals surface area contributed by atoms with E-state index < -0.39 is 63.2 Å². The van der Waals surface area contributed by atoms with Crippen LogP contribution in [0.5, 0.6) is 0 Å². The fourth-order valence-corrected chi connectivity index (χ4v) is 8.31. The molecule has 1 unspecified atom stereocenters. The highest BCUT2D eigenvalue weighted by atomic mass is 32.2. The summed E-state index contributed by atoms with van der Waals surface area (Å²) in [5.74, 6) is -4.26. The topological polar surface area (TPSA) is 239 Å². The number of nitrogens with one attached hydrogen (secondary N) is 5. The molecule has 0 radical (unpaired) electrons. The molecule has 16 heteroatoms. The van der Waals surface area contributed by atoms with Crippen LogP contribution < -0.4 is 32.1 Å². The van der Waals surface area contributed by atoms with Crippen molar-refractivity contribution in [1.82, 2.24) is 30.6 Å². The van der Waals surface area contributed by atoms with Crippen LogP contribution in [0.15, 0.2) is 97.0 Å². The van der Waals surface area contributed by atoms with E-state index in [1.807, 2.05) is 55.5 Å². The van der Waals surface area contributed by atoms with Crippen molar-refractivity contribution in [3.8, 4) is 0 Å². The maximum absolute atomic E-state index is 15.0. The predicted octanol–water partition coefficient (Wildman–Crippen LogP) is 2.80. The van der Waals surface area contributed by atoms with E-state index in [-0.39, 0.29) is 51.7 Å². The number of hydrogen-bond donors (Lipinski definition) is 7. The van der Waals surface area contributed by atoms with Gasteiger partial charge in [0.25, 0.3) is 0 Å². The van der Waals surface area contributed by atoms with Gasteiger partial charge in [0.1, 0.15) is 17.6 Å². The van der Waals surface area contributed by atoms with Crippen LogP contribution in [0.3, 0.4) is 0 Å². The number of piperidine rings is 1. The van der Waals surface area contributed by atoms with Crippen molar-refractivity contribution < 1.29 is 32.4 Å². The van der Waals surface area contributed by atoms with E-state index in [0.29, 0.717) is 29.4 Å². The van der Waals surface area contributed by atoms with Crippen molar-refractivity contribution in [2.75, 3.05) is 13.1 Å². The zero-order valence-corrected chi connectivity index (χ0v) is 33.4. The lowest BCUT2D eigenvalue weighted by Gasteiger charge is -2.50. The molecule has 0 aliphatic carbocycles. The number of rotatable bonds is 19. The Morgan fingerprint density at radius 3 is 2.28 bits per heavy atom. The Labute approximate surface area is 338 Å². The number of urea groups is 1. The minimum atomic E-state index is -4.16. The van der Waals surface area contributed by atoms with Gasteiger partial charge in [0.05, 0.1) is 5.92 Å². The molecule has 4 aromatic rings. The number of amides is 6. The fourth-order valence-electron chi connectivity index (χ4n) is 7.64. The Kier molecular flexibility index (Phi) is 14.5. The lowest BCUT2D eigenvalue weighted by molar-refractivity contribution is -0.159. The van der Waals surface area contributed by atoms with Crippen molar-refractivity contribution >= 4 is 50.6 Å². The van der Waals surface area contributed by atoms with Gasteiger partial charge in [-0.1, -0.05) is 84.9 Å². The van der Waals surface area contributed by atoms with Crippen molar-refractivity contribution in [3.05, 3.63) is 119 Å². The fraction of sp³-hybridized carbons (Fsp3) is 0.357. The number of H-pyrrole nitrogens is 1. The molecule has 1 saturated heterocycles. The van der Waals surface area contributed by atoms with Crippen LogP contribution in [-0.4, -0.2) is 78.7 Å². The van der Waals surface area contributed by atoms with E-state index in [1.165, 1.54) is 4.90 Å². The first kappa shape index (κ1) is 43.1. The number of sulfonamides is 1. The Hall–Kier alpha value is -6.00. The number of carbonyl (C=O) groups is 5. The number of aryl methyl sites for hydroxylation is 1.